The zero-order valence-corrected chi connectivity index (χ0v) is 10.4. The van der Waals surface area contributed by atoms with Crippen LogP contribution in [0.2, 0.25) is 0 Å². The average Bonchev–Trinajstić information content (AvgIpc) is 2.90. The van der Waals surface area contributed by atoms with E-state index in [4.69, 9.17) is 9.47 Å². The molecule has 0 spiro atoms. The van der Waals surface area contributed by atoms with Gasteiger partial charge in [0, 0.05) is 0 Å². The number of methoxy groups -OCH3 is 2. The molecule has 0 aromatic carbocycles. The number of carbonyl (C=O) groups excluding carboxylic acids is 2. The molecule has 2 atom stereocenters. The summed E-state index contributed by atoms with van der Waals surface area (Å²) in [5.74, 6) is -0.799. The van der Waals surface area contributed by atoms with Crippen molar-refractivity contribution in [1.29, 1.82) is 0 Å². The van der Waals surface area contributed by atoms with Crippen LogP contribution in [-0.2, 0) is 19.1 Å². The fourth-order valence-corrected chi connectivity index (χ4v) is 2.65. The Hall–Kier alpha value is -1.06. The van der Waals surface area contributed by atoms with Gasteiger partial charge >= 0.3 is 11.9 Å². The lowest BCUT2D eigenvalue weighted by molar-refractivity contribution is -0.162. The van der Waals surface area contributed by atoms with Crippen molar-refractivity contribution in [2.45, 2.75) is 33.1 Å². The zero-order valence-electron chi connectivity index (χ0n) is 10.4. The molecular formula is C12H20O4. The van der Waals surface area contributed by atoms with Gasteiger partial charge in [-0.05, 0) is 18.3 Å². The van der Waals surface area contributed by atoms with Crippen LogP contribution in [0.4, 0.5) is 0 Å². The van der Waals surface area contributed by atoms with Crippen molar-refractivity contribution in [1.82, 2.24) is 0 Å². The van der Waals surface area contributed by atoms with Crippen molar-refractivity contribution in [3.05, 3.63) is 0 Å². The second-order valence-electron chi connectivity index (χ2n) is 4.39. The zero-order chi connectivity index (χ0) is 12.3. The van der Waals surface area contributed by atoms with E-state index in [9.17, 15) is 9.59 Å². The second kappa shape index (κ2) is 4.85. The predicted molar refractivity (Wildman–Crippen MR) is 58.6 cm³/mol. The van der Waals surface area contributed by atoms with E-state index in [1.54, 1.807) is 0 Å². The standard InChI is InChI=1S/C12H20O4/c1-5-6-7-9-8(2)12(9,10(13)15-3)11(14)16-4/h8-9H,5-7H2,1-4H3. The van der Waals surface area contributed by atoms with Gasteiger partial charge in [0.2, 0.25) is 0 Å². The SMILES string of the molecule is CCCCC1C(C)C1(C(=O)OC)C(=O)OC. The van der Waals surface area contributed by atoms with Crippen LogP contribution in [0.5, 0.6) is 0 Å². The molecule has 4 nitrogen and oxygen atoms in total. The molecular weight excluding hydrogens is 208 g/mol. The molecule has 0 N–H and O–H groups in total. The molecule has 1 fully saturated rings. The lowest BCUT2D eigenvalue weighted by atomic mass is 10.0. The highest BCUT2D eigenvalue weighted by atomic mass is 16.5. The highest BCUT2D eigenvalue weighted by Gasteiger charge is 2.73. The summed E-state index contributed by atoms with van der Waals surface area (Å²) in [6.45, 7) is 4.00. The van der Waals surface area contributed by atoms with Crippen molar-refractivity contribution in [2.24, 2.45) is 17.3 Å². The summed E-state index contributed by atoms with van der Waals surface area (Å²) in [5.41, 5.74) is -1.03. The Morgan fingerprint density at radius 1 is 1.19 bits per heavy atom. The maximum absolute atomic E-state index is 11.8. The van der Waals surface area contributed by atoms with Crippen molar-refractivity contribution in [3.8, 4) is 0 Å². The van der Waals surface area contributed by atoms with Crippen LogP contribution in [0.1, 0.15) is 33.1 Å². The molecule has 16 heavy (non-hydrogen) atoms. The second-order valence-corrected chi connectivity index (χ2v) is 4.39. The molecule has 0 aromatic heterocycles. The van der Waals surface area contributed by atoms with Gasteiger partial charge < -0.3 is 9.47 Å². The molecule has 0 radical (unpaired) electrons. The Morgan fingerprint density at radius 2 is 1.69 bits per heavy atom. The lowest BCUT2D eigenvalue weighted by Gasteiger charge is -2.12. The van der Waals surface area contributed by atoms with E-state index in [1.165, 1.54) is 14.2 Å². The molecule has 1 saturated carbocycles. The largest absolute Gasteiger partial charge is 0.468 e. The van der Waals surface area contributed by atoms with Crippen molar-refractivity contribution >= 4 is 11.9 Å². The van der Waals surface area contributed by atoms with E-state index in [1.807, 2.05) is 6.92 Å². The van der Waals surface area contributed by atoms with Crippen molar-refractivity contribution in [2.75, 3.05) is 14.2 Å². The van der Waals surface area contributed by atoms with Gasteiger partial charge in [-0.15, -0.1) is 0 Å². The van der Waals surface area contributed by atoms with E-state index in [2.05, 4.69) is 6.92 Å². The molecule has 0 bridgehead atoms. The molecule has 1 aliphatic rings. The molecule has 0 amide bonds. The Bertz CT molecular complexity index is 269. The molecule has 0 saturated heterocycles. The highest BCUT2D eigenvalue weighted by Crippen LogP contribution is 2.62. The summed E-state index contributed by atoms with van der Waals surface area (Å²) >= 11 is 0. The Labute approximate surface area is 96.3 Å². The minimum atomic E-state index is -1.03. The Morgan fingerprint density at radius 3 is 2.06 bits per heavy atom. The van der Waals surface area contributed by atoms with Crippen molar-refractivity contribution in [3.63, 3.8) is 0 Å². The topological polar surface area (TPSA) is 52.6 Å². The average molecular weight is 228 g/mol. The molecule has 2 unspecified atom stereocenters. The summed E-state index contributed by atoms with van der Waals surface area (Å²) < 4.78 is 9.48. The monoisotopic (exact) mass is 228 g/mol. The van der Waals surface area contributed by atoms with Crippen LogP contribution in [0.3, 0.4) is 0 Å². The first-order valence-electron chi connectivity index (χ1n) is 5.74. The minimum Gasteiger partial charge on any atom is -0.468 e. The first kappa shape index (κ1) is 13.0. The minimum absolute atomic E-state index is 0.0268. The number of unbranched alkanes of at least 4 members (excludes halogenated alkanes) is 1. The van der Waals surface area contributed by atoms with Crippen LogP contribution in [0, 0.1) is 17.3 Å². The van der Waals surface area contributed by atoms with E-state index < -0.39 is 17.4 Å². The molecule has 1 rings (SSSR count). The summed E-state index contributed by atoms with van der Waals surface area (Å²) in [7, 11) is 2.63. The number of rotatable bonds is 5. The van der Waals surface area contributed by atoms with Crippen LogP contribution in [-0.4, -0.2) is 26.2 Å². The van der Waals surface area contributed by atoms with Gasteiger partial charge in [-0.2, -0.15) is 0 Å². The first-order valence-corrected chi connectivity index (χ1v) is 5.74. The number of hydrogen-bond acceptors (Lipinski definition) is 4. The van der Waals surface area contributed by atoms with Gasteiger partial charge in [0.25, 0.3) is 0 Å². The fourth-order valence-electron chi connectivity index (χ4n) is 2.65. The number of esters is 2. The van der Waals surface area contributed by atoms with Crippen LogP contribution in [0.25, 0.3) is 0 Å². The van der Waals surface area contributed by atoms with Crippen LogP contribution < -0.4 is 0 Å². The summed E-state index contributed by atoms with van der Waals surface area (Å²) in [5, 5.41) is 0. The Kier molecular flexibility index (Phi) is 3.94. The van der Waals surface area contributed by atoms with Crippen LogP contribution in [0.15, 0.2) is 0 Å². The summed E-state index contributed by atoms with van der Waals surface area (Å²) in [6.07, 6.45) is 2.95. The van der Waals surface area contributed by atoms with Gasteiger partial charge in [0.1, 0.15) is 0 Å². The molecule has 0 aliphatic heterocycles. The van der Waals surface area contributed by atoms with Gasteiger partial charge in [0.05, 0.1) is 14.2 Å². The summed E-state index contributed by atoms with van der Waals surface area (Å²) in [6, 6.07) is 0. The van der Waals surface area contributed by atoms with E-state index in [0.29, 0.717) is 0 Å². The van der Waals surface area contributed by atoms with Gasteiger partial charge in [0.15, 0.2) is 5.41 Å². The van der Waals surface area contributed by atoms with E-state index >= 15 is 0 Å². The quantitative estimate of drug-likeness (QED) is 0.531. The predicted octanol–water partition coefficient (Wildman–Crippen LogP) is 1.77. The molecule has 0 aromatic rings. The van der Waals surface area contributed by atoms with Gasteiger partial charge in [-0.3, -0.25) is 9.59 Å². The van der Waals surface area contributed by atoms with Gasteiger partial charge in [-0.25, -0.2) is 0 Å². The molecule has 92 valence electrons. The molecule has 0 heterocycles. The number of ether oxygens (including phenoxy) is 2. The highest BCUT2D eigenvalue weighted by molar-refractivity contribution is 6.04. The van der Waals surface area contributed by atoms with Crippen molar-refractivity contribution < 1.29 is 19.1 Å². The first-order chi connectivity index (χ1) is 7.57. The van der Waals surface area contributed by atoms with E-state index in [0.717, 1.165) is 19.3 Å². The third-order valence-electron chi connectivity index (χ3n) is 3.71. The van der Waals surface area contributed by atoms with E-state index in [-0.39, 0.29) is 11.8 Å². The summed E-state index contributed by atoms with van der Waals surface area (Å²) in [4.78, 5) is 23.5. The normalized spacial score (nSPS) is 26.0. The molecule has 1 aliphatic carbocycles. The maximum atomic E-state index is 11.8. The third kappa shape index (κ3) is 1.70. The molecule has 4 heteroatoms. The lowest BCUT2D eigenvalue weighted by Crippen LogP contribution is -2.31. The van der Waals surface area contributed by atoms with Crippen LogP contribution >= 0.6 is 0 Å². The fraction of sp³-hybridized carbons (Fsp3) is 0.833. The Balaban J connectivity index is 2.83. The third-order valence-corrected chi connectivity index (χ3v) is 3.71. The van der Waals surface area contributed by atoms with Gasteiger partial charge in [-0.1, -0.05) is 26.7 Å². The smallest absolute Gasteiger partial charge is 0.323 e. The number of hydrogen-bond donors (Lipinski definition) is 0. The number of carbonyl (C=O) groups is 2. The maximum Gasteiger partial charge on any atom is 0.323 e.